The zero-order valence-corrected chi connectivity index (χ0v) is 12.0. The van der Waals surface area contributed by atoms with Crippen LogP contribution in [0.4, 0.5) is 0 Å². The Labute approximate surface area is 111 Å². The van der Waals surface area contributed by atoms with Crippen molar-refractivity contribution in [3.05, 3.63) is 33.9 Å². The van der Waals surface area contributed by atoms with Crippen molar-refractivity contribution >= 4 is 0 Å². The van der Waals surface area contributed by atoms with Crippen LogP contribution in [0, 0.1) is 33.6 Å². The molecule has 1 aromatic carbocycles. The molecule has 0 aromatic heterocycles. The largest absolute Gasteiger partial charge is 0.372 e. The first-order valence-corrected chi connectivity index (χ1v) is 6.95. The summed E-state index contributed by atoms with van der Waals surface area (Å²) in [5.41, 5.74) is 12.5. The monoisotopic (exact) mass is 247 g/mol. The average Bonchev–Trinajstić information content (AvgIpc) is 3.15. The van der Waals surface area contributed by atoms with E-state index < -0.39 is 0 Å². The van der Waals surface area contributed by atoms with Crippen LogP contribution in [0.3, 0.4) is 0 Å². The normalized spacial score (nSPS) is 16.9. The molecule has 0 saturated heterocycles. The summed E-state index contributed by atoms with van der Waals surface area (Å²) >= 11 is 0. The van der Waals surface area contributed by atoms with Crippen LogP contribution in [0.25, 0.3) is 0 Å². The summed E-state index contributed by atoms with van der Waals surface area (Å²) in [6, 6.07) is 2.28. The van der Waals surface area contributed by atoms with Gasteiger partial charge >= 0.3 is 0 Å². The smallest absolute Gasteiger partial charge is 0.0859 e. The van der Waals surface area contributed by atoms with E-state index >= 15 is 0 Å². The molecule has 1 aromatic rings. The Morgan fingerprint density at radius 3 is 2.17 bits per heavy atom. The predicted molar refractivity (Wildman–Crippen MR) is 75.9 cm³/mol. The maximum absolute atomic E-state index is 6.05. The van der Waals surface area contributed by atoms with Crippen molar-refractivity contribution in [2.24, 2.45) is 11.7 Å². The molecule has 1 aliphatic carbocycles. The summed E-state index contributed by atoms with van der Waals surface area (Å²) in [6.07, 6.45) is 2.84. The van der Waals surface area contributed by atoms with Crippen molar-refractivity contribution in [1.29, 1.82) is 0 Å². The highest BCUT2D eigenvalue weighted by molar-refractivity contribution is 5.45. The topological polar surface area (TPSA) is 35.2 Å². The third kappa shape index (κ3) is 2.60. The summed E-state index contributed by atoms with van der Waals surface area (Å²) in [5.74, 6) is 0.704. The van der Waals surface area contributed by atoms with E-state index in [1.54, 1.807) is 0 Å². The Balaban J connectivity index is 2.39. The second kappa shape index (κ2) is 5.41. The molecular weight excluding hydrogens is 222 g/mol. The number of nitrogens with two attached hydrogens (primary N) is 1. The van der Waals surface area contributed by atoms with Crippen LogP contribution in [0.15, 0.2) is 6.07 Å². The quantitative estimate of drug-likeness (QED) is 0.866. The summed E-state index contributed by atoms with van der Waals surface area (Å²) in [5, 5.41) is 0. The molecule has 0 heterocycles. The SMILES string of the molecule is Cc1cc(C)c(C)c(C(OCCN)C2CC2)c1C. The summed E-state index contributed by atoms with van der Waals surface area (Å²) in [4.78, 5) is 0. The summed E-state index contributed by atoms with van der Waals surface area (Å²) < 4.78 is 6.05. The lowest BCUT2D eigenvalue weighted by Crippen LogP contribution is -2.16. The molecule has 2 heteroatoms. The molecule has 1 aliphatic rings. The predicted octanol–water partition coefficient (Wildman–Crippen LogP) is 3.35. The van der Waals surface area contributed by atoms with Gasteiger partial charge in [0, 0.05) is 6.54 Å². The van der Waals surface area contributed by atoms with E-state index in [4.69, 9.17) is 10.5 Å². The molecule has 1 atom stereocenters. The zero-order chi connectivity index (χ0) is 13.3. The second-order valence-corrected chi connectivity index (χ2v) is 5.59. The minimum absolute atomic E-state index is 0.257. The zero-order valence-electron chi connectivity index (χ0n) is 12.0. The van der Waals surface area contributed by atoms with Gasteiger partial charge in [0.25, 0.3) is 0 Å². The minimum Gasteiger partial charge on any atom is -0.372 e. The van der Waals surface area contributed by atoms with E-state index in [1.807, 2.05) is 0 Å². The second-order valence-electron chi connectivity index (χ2n) is 5.59. The number of rotatable bonds is 5. The first-order chi connectivity index (χ1) is 8.56. The molecular formula is C16H25NO. The highest BCUT2D eigenvalue weighted by atomic mass is 16.5. The van der Waals surface area contributed by atoms with Gasteiger partial charge in [-0.15, -0.1) is 0 Å². The maximum Gasteiger partial charge on any atom is 0.0859 e. The van der Waals surface area contributed by atoms with Gasteiger partial charge in [-0.25, -0.2) is 0 Å². The van der Waals surface area contributed by atoms with E-state index in [2.05, 4.69) is 33.8 Å². The van der Waals surface area contributed by atoms with Gasteiger partial charge in [-0.05, 0) is 74.3 Å². The lowest BCUT2D eigenvalue weighted by atomic mass is 9.89. The summed E-state index contributed by atoms with van der Waals surface area (Å²) in [7, 11) is 0. The molecule has 2 rings (SSSR count). The number of hydrogen-bond donors (Lipinski definition) is 1. The van der Waals surface area contributed by atoms with Gasteiger partial charge in [-0.2, -0.15) is 0 Å². The number of ether oxygens (including phenoxy) is 1. The lowest BCUT2D eigenvalue weighted by molar-refractivity contribution is 0.0415. The van der Waals surface area contributed by atoms with Crippen LogP contribution < -0.4 is 5.73 Å². The van der Waals surface area contributed by atoms with Gasteiger partial charge in [0.15, 0.2) is 0 Å². The Morgan fingerprint density at radius 2 is 1.72 bits per heavy atom. The van der Waals surface area contributed by atoms with E-state index in [1.165, 1.54) is 40.7 Å². The van der Waals surface area contributed by atoms with E-state index in [-0.39, 0.29) is 6.10 Å². The molecule has 0 aliphatic heterocycles. The van der Waals surface area contributed by atoms with Gasteiger partial charge in [0.1, 0.15) is 0 Å². The highest BCUT2D eigenvalue weighted by Gasteiger charge is 2.35. The van der Waals surface area contributed by atoms with Gasteiger partial charge < -0.3 is 10.5 Å². The molecule has 1 fully saturated rings. The van der Waals surface area contributed by atoms with Gasteiger partial charge in [-0.3, -0.25) is 0 Å². The van der Waals surface area contributed by atoms with Crippen molar-refractivity contribution in [1.82, 2.24) is 0 Å². The van der Waals surface area contributed by atoms with Gasteiger partial charge in [0.05, 0.1) is 12.7 Å². The fraction of sp³-hybridized carbons (Fsp3) is 0.625. The molecule has 100 valence electrons. The molecule has 0 amide bonds. The highest BCUT2D eigenvalue weighted by Crippen LogP contribution is 2.45. The molecule has 0 bridgehead atoms. The van der Waals surface area contributed by atoms with Crippen LogP contribution in [0.5, 0.6) is 0 Å². The molecule has 18 heavy (non-hydrogen) atoms. The van der Waals surface area contributed by atoms with Crippen molar-refractivity contribution in [3.63, 3.8) is 0 Å². The molecule has 2 nitrogen and oxygen atoms in total. The van der Waals surface area contributed by atoms with E-state index in [9.17, 15) is 0 Å². The lowest BCUT2D eigenvalue weighted by Gasteiger charge is -2.24. The third-order valence-electron chi connectivity index (χ3n) is 4.17. The van der Waals surface area contributed by atoms with E-state index in [0.717, 1.165) is 0 Å². The van der Waals surface area contributed by atoms with Crippen molar-refractivity contribution < 1.29 is 4.74 Å². The molecule has 1 unspecified atom stereocenters. The Hall–Kier alpha value is -0.860. The number of hydrogen-bond acceptors (Lipinski definition) is 2. The van der Waals surface area contributed by atoms with Gasteiger partial charge in [-0.1, -0.05) is 6.07 Å². The van der Waals surface area contributed by atoms with Crippen LogP contribution >= 0.6 is 0 Å². The molecule has 1 saturated carbocycles. The van der Waals surface area contributed by atoms with Crippen molar-refractivity contribution in [2.75, 3.05) is 13.2 Å². The maximum atomic E-state index is 6.05. The third-order valence-corrected chi connectivity index (χ3v) is 4.17. The first kappa shape index (κ1) is 13.6. The van der Waals surface area contributed by atoms with Crippen molar-refractivity contribution in [2.45, 2.75) is 46.6 Å². The summed E-state index contributed by atoms with van der Waals surface area (Å²) in [6.45, 7) is 10.1. The average molecular weight is 247 g/mol. The minimum atomic E-state index is 0.257. The van der Waals surface area contributed by atoms with Crippen LogP contribution in [-0.2, 0) is 4.74 Å². The number of aryl methyl sites for hydroxylation is 2. The molecule has 2 N–H and O–H groups in total. The molecule has 0 radical (unpaired) electrons. The van der Waals surface area contributed by atoms with Crippen LogP contribution in [-0.4, -0.2) is 13.2 Å². The number of benzene rings is 1. The Kier molecular flexibility index (Phi) is 4.08. The van der Waals surface area contributed by atoms with E-state index in [0.29, 0.717) is 19.1 Å². The Morgan fingerprint density at radius 1 is 1.17 bits per heavy atom. The Bertz CT molecular complexity index is 409. The first-order valence-electron chi connectivity index (χ1n) is 6.95. The fourth-order valence-corrected chi connectivity index (χ4v) is 2.72. The standard InChI is InChI=1S/C16H25NO/c1-10-9-11(2)13(4)15(12(10)3)16(14-5-6-14)18-8-7-17/h9,14,16H,5-8,17H2,1-4H3. The molecule has 0 spiro atoms. The van der Waals surface area contributed by atoms with Crippen molar-refractivity contribution in [3.8, 4) is 0 Å². The van der Waals surface area contributed by atoms with Crippen LogP contribution in [0.1, 0.15) is 46.8 Å². The van der Waals surface area contributed by atoms with Gasteiger partial charge in [0.2, 0.25) is 0 Å². The van der Waals surface area contributed by atoms with Crippen LogP contribution in [0.2, 0.25) is 0 Å². The fourth-order valence-electron chi connectivity index (χ4n) is 2.72.